The van der Waals surface area contributed by atoms with Gasteiger partial charge in [0.2, 0.25) is 10.0 Å². The summed E-state index contributed by atoms with van der Waals surface area (Å²) in [6.45, 7) is 6.15. The Bertz CT molecular complexity index is 737. The Morgan fingerprint density at radius 1 is 1.12 bits per heavy atom. The molecular weight excluding hydrogens is 356 g/mol. The van der Waals surface area contributed by atoms with Crippen molar-refractivity contribution in [2.24, 2.45) is 0 Å². The molecule has 1 heterocycles. The highest BCUT2D eigenvalue weighted by Gasteiger charge is 2.30. The number of hydrogen-bond acceptors (Lipinski definition) is 5. The second-order valence-corrected chi connectivity index (χ2v) is 8.38. The highest BCUT2D eigenvalue weighted by molar-refractivity contribution is 7.89. The molecule has 0 radical (unpaired) electrons. The Labute approximate surface area is 155 Å². The van der Waals surface area contributed by atoms with Crippen LogP contribution in [0.15, 0.2) is 29.2 Å². The van der Waals surface area contributed by atoms with Crippen LogP contribution in [0.2, 0.25) is 0 Å². The molecule has 1 aromatic carbocycles. The minimum Gasteiger partial charge on any atom is -0.456 e. The van der Waals surface area contributed by atoms with Crippen molar-refractivity contribution in [1.29, 1.82) is 0 Å². The van der Waals surface area contributed by atoms with E-state index < -0.39 is 16.0 Å². The van der Waals surface area contributed by atoms with Gasteiger partial charge in [-0.15, -0.1) is 0 Å². The van der Waals surface area contributed by atoms with E-state index in [4.69, 9.17) is 4.74 Å². The first-order valence-electron chi connectivity index (χ1n) is 8.77. The fourth-order valence-electron chi connectivity index (χ4n) is 2.79. The number of piperazine rings is 1. The minimum atomic E-state index is -3.58. The van der Waals surface area contributed by atoms with Gasteiger partial charge in [-0.1, -0.05) is 26.0 Å². The molecule has 0 bridgehead atoms. The zero-order chi connectivity index (χ0) is 19.3. The highest BCUT2D eigenvalue weighted by Crippen LogP contribution is 2.23. The Morgan fingerprint density at radius 3 is 2.19 bits per heavy atom. The Hall–Kier alpha value is -1.93. The number of ether oxygens (including phenoxy) is 1. The summed E-state index contributed by atoms with van der Waals surface area (Å²) >= 11 is 0. The number of sulfonamides is 1. The summed E-state index contributed by atoms with van der Waals surface area (Å²) in [6, 6.07) is 7.02. The largest absolute Gasteiger partial charge is 0.456 e. The average molecular weight is 382 g/mol. The highest BCUT2D eigenvalue weighted by atomic mass is 32.2. The fourth-order valence-corrected chi connectivity index (χ4v) is 4.21. The monoisotopic (exact) mass is 382 g/mol. The molecule has 1 amide bonds. The molecule has 1 aromatic rings. The molecule has 1 aliphatic heterocycles. The van der Waals surface area contributed by atoms with Gasteiger partial charge in [0.05, 0.1) is 4.90 Å². The number of carbonyl (C=O) groups is 2. The van der Waals surface area contributed by atoms with Gasteiger partial charge in [-0.2, -0.15) is 4.31 Å². The van der Waals surface area contributed by atoms with Crippen LogP contribution >= 0.6 is 0 Å². The summed E-state index contributed by atoms with van der Waals surface area (Å²) < 4.78 is 31.7. The smallest absolute Gasteiger partial charge is 0.303 e. The van der Waals surface area contributed by atoms with Crippen molar-refractivity contribution in [2.45, 2.75) is 38.0 Å². The molecule has 2 rings (SSSR count). The topological polar surface area (TPSA) is 84.0 Å². The molecule has 1 aliphatic rings. The Balaban J connectivity index is 1.99. The minimum absolute atomic E-state index is 0.223. The van der Waals surface area contributed by atoms with Crippen molar-refractivity contribution in [1.82, 2.24) is 9.21 Å². The van der Waals surface area contributed by atoms with Crippen LogP contribution in [-0.2, 0) is 24.3 Å². The second kappa shape index (κ2) is 8.64. The van der Waals surface area contributed by atoms with E-state index in [2.05, 4.69) is 13.8 Å². The molecule has 0 saturated carbocycles. The lowest BCUT2D eigenvalue weighted by Crippen LogP contribution is -2.51. The van der Waals surface area contributed by atoms with Gasteiger partial charge in [0.15, 0.2) is 6.61 Å². The summed E-state index contributed by atoms with van der Waals surface area (Å²) in [7, 11) is -3.58. The number of amides is 1. The van der Waals surface area contributed by atoms with Gasteiger partial charge in [-0.3, -0.25) is 9.59 Å². The molecule has 1 fully saturated rings. The van der Waals surface area contributed by atoms with Gasteiger partial charge in [0.1, 0.15) is 0 Å². The van der Waals surface area contributed by atoms with Crippen molar-refractivity contribution in [3.8, 4) is 0 Å². The van der Waals surface area contributed by atoms with E-state index in [0.717, 1.165) is 12.0 Å². The molecule has 1 saturated heterocycles. The van der Waals surface area contributed by atoms with Gasteiger partial charge in [0, 0.05) is 33.1 Å². The van der Waals surface area contributed by atoms with Gasteiger partial charge >= 0.3 is 5.97 Å². The Morgan fingerprint density at radius 2 is 1.69 bits per heavy atom. The lowest BCUT2D eigenvalue weighted by Gasteiger charge is -2.33. The number of esters is 1. The molecule has 144 valence electrons. The van der Waals surface area contributed by atoms with Crippen LogP contribution in [0.3, 0.4) is 0 Å². The van der Waals surface area contributed by atoms with E-state index in [1.165, 1.54) is 16.1 Å². The summed E-state index contributed by atoms with van der Waals surface area (Å²) in [6.07, 6.45) is 0.995. The van der Waals surface area contributed by atoms with Crippen molar-refractivity contribution < 1.29 is 22.7 Å². The lowest BCUT2D eigenvalue weighted by molar-refractivity contribution is -0.150. The molecule has 1 atom stereocenters. The summed E-state index contributed by atoms with van der Waals surface area (Å²) in [5.41, 5.74) is 1.12. The van der Waals surface area contributed by atoms with Crippen LogP contribution in [0.25, 0.3) is 0 Å². The van der Waals surface area contributed by atoms with Crippen LogP contribution in [0.5, 0.6) is 0 Å². The van der Waals surface area contributed by atoms with E-state index in [1.54, 1.807) is 12.1 Å². The molecule has 8 heteroatoms. The first-order valence-corrected chi connectivity index (χ1v) is 10.2. The zero-order valence-corrected chi connectivity index (χ0v) is 16.3. The van der Waals surface area contributed by atoms with E-state index in [9.17, 15) is 18.0 Å². The SMILES string of the molecule is CC[C@@H](C)c1ccc(S(=O)(=O)N2CCN(C(=O)COC(C)=O)CC2)cc1. The van der Waals surface area contributed by atoms with Gasteiger partial charge < -0.3 is 9.64 Å². The van der Waals surface area contributed by atoms with Crippen LogP contribution in [0, 0.1) is 0 Å². The zero-order valence-electron chi connectivity index (χ0n) is 15.5. The fraction of sp³-hybridized carbons (Fsp3) is 0.556. The number of hydrogen-bond donors (Lipinski definition) is 0. The number of nitrogens with zero attached hydrogens (tertiary/aromatic N) is 2. The van der Waals surface area contributed by atoms with Crippen molar-refractivity contribution in [3.63, 3.8) is 0 Å². The normalized spacial score (nSPS) is 17.0. The van der Waals surface area contributed by atoms with Crippen LogP contribution < -0.4 is 0 Å². The summed E-state index contributed by atoms with van der Waals surface area (Å²) in [5.74, 6) is -0.436. The van der Waals surface area contributed by atoms with Gasteiger partial charge in [-0.25, -0.2) is 8.42 Å². The third-order valence-electron chi connectivity index (χ3n) is 4.69. The van der Waals surface area contributed by atoms with E-state index in [-0.39, 0.29) is 43.6 Å². The second-order valence-electron chi connectivity index (χ2n) is 6.44. The molecule has 0 N–H and O–H groups in total. The number of benzene rings is 1. The van der Waals surface area contributed by atoms with Crippen LogP contribution in [0.1, 0.15) is 38.7 Å². The first kappa shape index (κ1) is 20.4. The van der Waals surface area contributed by atoms with Crippen molar-refractivity contribution in [2.75, 3.05) is 32.8 Å². The summed E-state index contributed by atoms with van der Waals surface area (Å²) in [4.78, 5) is 24.5. The first-order chi connectivity index (χ1) is 12.3. The number of carbonyl (C=O) groups excluding carboxylic acids is 2. The summed E-state index contributed by atoms with van der Waals surface area (Å²) in [5, 5.41) is 0. The molecule has 0 aliphatic carbocycles. The molecule has 0 unspecified atom stereocenters. The predicted molar refractivity (Wildman–Crippen MR) is 97.1 cm³/mol. The molecule has 0 aromatic heterocycles. The molecule has 0 spiro atoms. The maximum Gasteiger partial charge on any atom is 0.303 e. The third-order valence-corrected chi connectivity index (χ3v) is 6.60. The maximum absolute atomic E-state index is 12.8. The van der Waals surface area contributed by atoms with Crippen LogP contribution in [0.4, 0.5) is 0 Å². The average Bonchev–Trinajstić information content (AvgIpc) is 2.65. The maximum atomic E-state index is 12.8. The standard InChI is InChI=1S/C18H26N2O5S/c1-4-14(2)16-5-7-17(8-6-16)26(23,24)20-11-9-19(10-12-20)18(22)13-25-15(3)21/h5-8,14H,4,9-13H2,1-3H3/t14-/m1/s1. The van der Waals surface area contributed by atoms with Crippen molar-refractivity contribution in [3.05, 3.63) is 29.8 Å². The van der Waals surface area contributed by atoms with Gasteiger partial charge in [0.25, 0.3) is 5.91 Å². The molecule has 26 heavy (non-hydrogen) atoms. The number of rotatable bonds is 6. The van der Waals surface area contributed by atoms with E-state index in [0.29, 0.717) is 5.92 Å². The molecular formula is C18H26N2O5S. The third kappa shape index (κ3) is 4.82. The molecule has 7 nitrogen and oxygen atoms in total. The lowest BCUT2D eigenvalue weighted by atomic mass is 9.99. The van der Waals surface area contributed by atoms with E-state index in [1.807, 2.05) is 12.1 Å². The van der Waals surface area contributed by atoms with E-state index >= 15 is 0 Å². The van der Waals surface area contributed by atoms with Gasteiger partial charge in [-0.05, 0) is 30.0 Å². The quantitative estimate of drug-likeness (QED) is 0.698. The Kier molecular flexibility index (Phi) is 6.77. The predicted octanol–water partition coefficient (Wildman–Crippen LogP) is 1.60. The van der Waals surface area contributed by atoms with Crippen LogP contribution in [-0.4, -0.2) is 62.3 Å². The van der Waals surface area contributed by atoms with Crippen molar-refractivity contribution >= 4 is 21.9 Å².